The van der Waals surface area contributed by atoms with Crippen molar-refractivity contribution in [2.45, 2.75) is 45.1 Å². The van der Waals surface area contributed by atoms with Crippen molar-refractivity contribution in [3.63, 3.8) is 0 Å². The lowest BCUT2D eigenvalue weighted by molar-refractivity contribution is -0.122. The van der Waals surface area contributed by atoms with Gasteiger partial charge in [-0.1, -0.05) is 23.7 Å². The van der Waals surface area contributed by atoms with Crippen LogP contribution in [0.1, 0.15) is 48.4 Å². The number of rotatable bonds is 8. The Morgan fingerprint density at radius 2 is 2.06 bits per heavy atom. The first kappa shape index (κ1) is 23.4. The summed E-state index contributed by atoms with van der Waals surface area (Å²) in [6.45, 7) is 2.00. The molecule has 0 fully saturated rings. The molecule has 0 heterocycles. The van der Waals surface area contributed by atoms with Crippen LogP contribution in [-0.4, -0.2) is 34.2 Å². The summed E-state index contributed by atoms with van der Waals surface area (Å²) in [6.07, 6.45) is 4.69. The molecule has 8 heteroatoms. The molecule has 0 spiro atoms. The third-order valence-electron chi connectivity index (χ3n) is 5.67. The maximum Gasteiger partial charge on any atom is 0.232 e. The van der Waals surface area contributed by atoms with E-state index in [4.69, 9.17) is 16.3 Å². The van der Waals surface area contributed by atoms with Crippen molar-refractivity contribution in [3.05, 3.63) is 58.1 Å². The maximum atomic E-state index is 12.6. The summed E-state index contributed by atoms with van der Waals surface area (Å²) in [5.74, 6) is 0.743. The van der Waals surface area contributed by atoms with Crippen molar-refractivity contribution in [2.24, 2.45) is 0 Å². The SMILES string of the molecule is COc1ccc2c(c1)CCCC2NC(=O)CCCN(c1cccc(Cl)c1C)S(C)(=O)=O. The van der Waals surface area contributed by atoms with E-state index in [-0.39, 0.29) is 24.9 Å². The number of nitrogens with zero attached hydrogens (tertiary/aromatic N) is 1. The van der Waals surface area contributed by atoms with Gasteiger partial charge in [0.1, 0.15) is 5.75 Å². The van der Waals surface area contributed by atoms with Crippen LogP contribution in [0.5, 0.6) is 5.75 Å². The molecule has 0 radical (unpaired) electrons. The van der Waals surface area contributed by atoms with Crippen LogP contribution in [0.2, 0.25) is 5.02 Å². The fraction of sp³-hybridized carbons (Fsp3) is 0.435. The fourth-order valence-corrected chi connectivity index (χ4v) is 5.23. The lowest BCUT2D eigenvalue weighted by atomic mass is 9.87. The van der Waals surface area contributed by atoms with Crippen LogP contribution in [0.4, 0.5) is 5.69 Å². The highest BCUT2D eigenvalue weighted by molar-refractivity contribution is 7.92. The molecule has 1 aliphatic rings. The zero-order valence-electron chi connectivity index (χ0n) is 18.2. The van der Waals surface area contributed by atoms with Crippen LogP contribution in [0.15, 0.2) is 36.4 Å². The van der Waals surface area contributed by atoms with E-state index in [9.17, 15) is 13.2 Å². The number of anilines is 1. The van der Waals surface area contributed by atoms with Gasteiger partial charge in [0.05, 0.1) is 25.1 Å². The number of carbonyl (C=O) groups is 1. The second-order valence-corrected chi connectivity index (χ2v) is 10.2. The fourth-order valence-electron chi connectivity index (χ4n) is 4.05. The van der Waals surface area contributed by atoms with E-state index in [1.165, 1.54) is 16.1 Å². The molecular weight excluding hydrogens is 436 g/mol. The Morgan fingerprint density at radius 3 is 2.77 bits per heavy atom. The van der Waals surface area contributed by atoms with E-state index in [1.807, 2.05) is 18.2 Å². The molecule has 2 aromatic carbocycles. The van der Waals surface area contributed by atoms with Crippen LogP contribution in [0.25, 0.3) is 0 Å². The van der Waals surface area contributed by atoms with Gasteiger partial charge in [0.2, 0.25) is 15.9 Å². The predicted molar refractivity (Wildman–Crippen MR) is 124 cm³/mol. The number of hydrogen-bond donors (Lipinski definition) is 1. The number of nitrogens with one attached hydrogen (secondary N) is 1. The summed E-state index contributed by atoms with van der Waals surface area (Å²) in [5.41, 5.74) is 3.59. The number of amides is 1. The first-order valence-electron chi connectivity index (χ1n) is 10.4. The highest BCUT2D eigenvalue weighted by atomic mass is 35.5. The molecule has 31 heavy (non-hydrogen) atoms. The summed E-state index contributed by atoms with van der Waals surface area (Å²) in [7, 11) is -1.85. The van der Waals surface area contributed by atoms with Crippen LogP contribution < -0.4 is 14.4 Å². The largest absolute Gasteiger partial charge is 0.497 e. The van der Waals surface area contributed by atoms with Gasteiger partial charge in [0.25, 0.3) is 0 Å². The van der Waals surface area contributed by atoms with Gasteiger partial charge in [-0.25, -0.2) is 8.42 Å². The molecule has 0 saturated heterocycles. The number of benzene rings is 2. The number of hydrogen-bond acceptors (Lipinski definition) is 4. The van der Waals surface area contributed by atoms with Crippen molar-refractivity contribution < 1.29 is 17.9 Å². The minimum atomic E-state index is -3.50. The standard InChI is InChI=1S/C23H29ClN2O4S/c1-16-20(24)8-5-10-22(16)26(31(3,28)29)14-6-11-23(27)25-21-9-4-7-17-15-18(30-2)12-13-19(17)21/h5,8,10,12-13,15,21H,4,6-7,9,11,14H2,1-3H3,(H,25,27). The Labute approximate surface area is 189 Å². The van der Waals surface area contributed by atoms with Crippen molar-refractivity contribution in [1.82, 2.24) is 5.32 Å². The zero-order valence-corrected chi connectivity index (χ0v) is 19.7. The van der Waals surface area contributed by atoms with Crippen LogP contribution in [0.3, 0.4) is 0 Å². The highest BCUT2D eigenvalue weighted by Crippen LogP contribution is 2.32. The highest BCUT2D eigenvalue weighted by Gasteiger charge is 2.23. The van der Waals surface area contributed by atoms with Crippen molar-refractivity contribution in [3.8, 4) is 5.75 Å². The summed E-state index contributed by atoms with van der Waals surface area (Å²) in [4.78, 5) is 12.6. The Morgan fingerprint density at radius 1 is 1.29 bits per heavy atom. The van der Waals surface area contributed by atoms with Gasteiger partial charge in [-0.15, -0.1) is 0 Å². The zero-order chi connectivity index (χ0) is 22.6. The Hall–Kier alpha value is -2.25. The van der Waals surface area contributed by atoms with Gasteiger partial charge in [-0.3, -0.25) is 9.10 Å². The van der Waals surface area contributed by atoms with Gasteiger partial charge < -0.3 is 10.1 Å². The third kappa shape index (κ3) is 5.71. The number of fused-ring (bicyclic) bond motifs is 1. The van der Waals surface area contributed by atoms with Crippen LogP contribution in [0, 0.1) is 6.92 Å². The second-order valence-electron chi connectivity index (χ2n) is 7.90. The van der Waals surface area contributed by atoms with Crippen LogP contribution >= 0.6 is 11.6 Å². The smallest absolute Gasteiger partial charge is 0.232 e. The topological polar surface area (TPSA) is 75.7 Å². The van der Waals surface area contributed by atoms with Gasteiger partial charge in [-0.05, 0) is 73.6 Å². The number of halogens is 1. The number of methoxy groups -OCH3 is 1. The maximum absolute atomic E-state index is 12.6. The minimum absolute atomic E-state index is 0.0247. The van der Waals surface area contributed by atoms with Crippen molar-refractivity contribution >= 4 is 33.2 Å². The van der Waals surface area contributed by atoms with Gasteiger partial charge in [-0.2, -0.15) is 0 Å². The molecule has 1 amide bonds. The van der Waals surface area contributed by atoms with E-state index in [0.29, 0.717) is 22.7 Å². The third-order valence-corrected chi connectivity index (χ3v) is 7.26. The van der Waals surface area contributed by atoms with Crippen LogP contribution in [-0.2, 0) is 21.2 Å². The number of sulfonamides is 1. The van der Waals surface area contributed by atoms with Crippen molar-refractivity contribution in [2.75, 3.05) is 24.2 Å². The normalized spacial score (nSPS) is 15.8. The molecule has 168 valence electrons. The van der Waals surface area contributed by atoms with E-state index in [0.717, 1.165) is 30.6 Å². The molecule has 0 aliphatic heterocycles. The molecule has 3 rings (SSSR count). The molecule has 0 aromatic heterocycles. The summed E-state index contributed by atoms with van der Waals surface area (Å²) < 4.78 is 31.3. The van der Waals surface area contributed by atoms with E-state index < -0.39 is 10.0 Å². The summed E-state index contributed by atoms with van der Waals surface area (Å²) in [6, 6.07) is 11.1. The molecule has 1 atom stereocenters. The van der Waals surface area contributed by atoms with E-state index >= 15 is 0 Å². The molecule has 0 bridgehead atoms. The first-order valence-corrected chi connectivity index (χ1v) is 12.6. The predicted octanol–water partition coefficient (Wildman–Crippen LogP) is 4.40. The van der Waals surface area contributed by atoms with Gasteiger partial charge >= 0.3 is 0 Å². The summed E-state index contributed by atoms with van der Waals surface area (Å²) in [5, 5.41) is 3.63. The molecule has 6 nitrogen and oxygen atoms in total. The molecule has 1 aliphatic carbocycles. The monoisotopic (exact) mass is 464 g/mol. The van der Waals surface area contributed by atoms with E-state index in [2.05, 4.69) is 5.32 Å². The Bertz CT molecular complexity index is 1060. The molecule has 1 unspecified atom stereocenters. The molecular formula is C23H29ClN2O4S. The molecule has 0 saturated carbocycles. The first-order chi connectivity index (χ1) is 14.7. The number of ether oxygens (including phenoxy) is 1. The number of aryl methyl sites for hydroxylation is 1. The average Bonchev–Trinajstić information content (AvgIpc) is 2.72. The van der Waals surface area contributed by atoms with Crippen molar-refractivity contribution in [1.29, 1.82) is 0 Å². The van der Waals surface area contributed by atoms with E-state index in [1.54, 1.807) is 32.2 Å². The Balaban J connectivity index is 1.63. The molecule has 2 aromatic rings. The summed E-state index contributed by atoms with van der Waals surface area (Å²) >= 11 is 6.17. The number of carbonyl (C=O) groups excluding carboxylic acids is 1. The lowest BCUT2D eigenvalue weighted by Gasteiger charge is -2.27. The Kier molecular flexibility index (Phi) is 7.49. The molecule has 1 N–H and O–H groups in total. The van der Waals surface area contributed by atoms with Gasteiger partial charge in [0.15, 0.2) is 0 Å². The van der Waals surface area contributed by atoms with Gasteiger partial charge in [0, 0.05) is 18.0 Å². The minimum Gasteiger partial charge on any atom is -0.497 e. The second kappa shape index (κ2) is 9.92. The quantitative estimate of drug-likeness (QED) is 0.628. The average molecular weight is 465 g/mol. The lowest BCUT2D eigenvalue weighted by Crippen LogP contribution is -2.34.